The molecule has 7 heteroatoms. The van der Waals surface area contributed by atoms with E-state index in [-0.39, 0.29) is 0 Å². The van der Waals surface area contributed by atoms with Gasteiger partial charge in [-0.25, -0.2) is 0 Å². The Balaban J connectivity index is 2.30. The van der Waals surface area contributed by atoms with Crippen LogP contribution in [0, 0.1) is 11.3 Å². The van der Waals surface area contributed by atoms with Gasteiger partial charge in [-0.2, -0.15) is 0 Å². The fraction of sp³-hybridized carbons (Fsp3) is 0. The van der Waals surface area contributed by atoms with Crippen molar-refractivity contribution in [3.63, 3.8) is 0 Å². The Bertz CT molecular complexity index is 741. The van der Waals surface area contributed by atoms with Crippen molar-refractivity contribution in [3.8, 4) is 22.9 Å². The van der Waals surface area contributed by atoms with Crippen LogP contribution in [0.5, 0.6) is 5.75 Å². The van der Waals surface area contributed by atoms with Gasteiger partial charge in [-0.15, -0.1) is 0 Å². The topological polar surface area (TPSA) is 79.0 Å². The molecule has 0 fully saturated rings. The van der Waals surface area contributed by atoms with Crippen LogP contribution in [0.2, 0.25) is 0 Å². The van der Waals surface area contributed by atoms with Gasteiger partial charge in [0, 0.05) is 0 Å². The summed E-state index contributed by atoms with van der Waals surface area (Å²) in [4.78, 5) is 0. The Kier molecular flexibility index (Phi) is 2.75. The van der Waals surface area contributed by atoms with Crippen LogP contribution in [-0.4, -0.2) is 46.0 Å². The molecule has 0 saturated carbocycles. The van der Waals surface area contributed by atoms with E-state index >= 15 is 0 Å². The monoisotopic (exact) mass is 429 g/mol. The molecule has 0 atom stereocenters. The fourth-order valence-corrected chi connectivity index (χ4v) is 2.52. The zero-order valence-corrected chi connectivity index (χ0v) is 13.7. The van der Waals surface area contributed by atoms with Gasteiger partial charge in [0.15, 0.2) is 0 Å². The molecule has 0 aliphatic carbocycles. The van der Waals surface area contributed by atoms with Crippen LogP contribution in [0.3, 0.4) is 0 Å². The summed E-state index contributed by atoms with van der Waals surface area (Å²) in [5.74, 6) is 0.688. The summed E-state index contributed by atoms with van der Waals surface area (Å²) in [5, 5.41) is 19.9. The number of nitriles is 1. The summed E-state index contributed by atoms with van der Waals surface area (Å²) >= 11 is 0.347. The number of nitrogens with zero attached hydrogens (tertiary/aromatic N) is 4. The third kappa shape index (κ3) is 1.67. The number of aromatic amines is 1. The molecule has 18 heavy (non-hydrogen) atoms. The normalized spacial score (nSPS) is 10.3. The van der Waals surface area contributed by atoms with Crippen molar-refractivity contribution in [2.24, 2.45) is 0 Å². The number of nitrogens with one attached hydrogen (secondary N) is 1. The zero-order valence-electron chi connectivity index (χ0n) is 9.16. The Morgan fingerprint density at radius 2 is 2.28 bits per heavy atom. The van der Waals surface area contributed by atoms with Gasteiger partial charge in [0.05, 0.1) is 0 Å². The molecule has 3 rings (SSSR count). The molecule has 0 radical (unpaired) electrons. The minimum absolute atomic E-state index is 0.347. The summed E-state index contributed by atoms with van der Waals surface area (Å²) in [6.45, 7) is 0. The molecule has 0 unspecified atom stereocenters. The summed E-state index contributed by atoms with van der Waals surface area (Å²) in [6.07, 6.45) is 6.93. The van der Waals surface area contributed by atoms with E-state index in [4.69, 9.17) is 7.95 Å². The number of rotatable bonds is 2. The SMILES string of the molecule is N#Cc1cnn2cc(-c3cn[nH]c3)cc([O][Tl])c12. The maximum absolute atomic E-state index is 9.04. The van der Waals surface area contributed by atoms with Gasteiger partial charge in [-0.3, -0.25) is 0 Å². The number of aromatic nitrogens is 4. The third-order valence-electron chi connectivity index (χ3n) is 2.66. The summed E-state index contributed by atoms with van der Waals surface area (Å²) in [6, 6.07) is 4.02. The quantitative estimate of drug-likeness (QED) is 0.619. The van der Waals surface area contributed by atoms with Crippen LogP contribution in [0.4, 0.5) is 0 Å². The molecule has 0 bridgehead atoms. The summed E-state index contributed by atoms with van der Waals surface area (Å²) in [5.41, 5.74) is 3.13. The predicted octanol–water partition coefficient (Wildman–Crippen LogP) is 1.06. The van der Waals surface area contributed by atoms with Crippen LogP contribution in [0.1, 0.15) is 5.56 Å². The second-order valence-corrected chi connectivity index (χ2v) is 4.58. The Morgan fingerprint density at radius 3 is 2.94 bits per heavy atom. The molecule has 0 aliphatic heterocycles. The molecular weight excluding hydrogens is 423 g/mol. The van der Waals surface area contributed by atoms with E-state index in [1.807, 2.05) is 12.3 Å². The second kappa shape index (κ2) is 4.41. The van der Waals surface area contributed by atoms with E-state index in [2.05, 4.69) is 21.4 Å². The Labute approximate surface area is 119 Å². The first-order valence-electron chi connectivity index (χ1n) is 5.11. The molecule has 3 aromatic heterocycles. The van der Waals surface area contributed by atoms with Crippen LogP contribution in [-0.2, 0) is 0 Å². The van der Waals surface area contributed by atoms with Crippen LogP contribution >= 0.6 is 0 Å². The average molecular weight is 429 g/mol. The number of pyridine rings is 1. The van der Waals surface area contributed by atoms with E-state index in [0.717, 1.165) is 11.1 Å². The molecule has 1 N–H and O–H groups in total. The zero-order chi connectivity index (χ0) is 12.5. The van der Waals surface area contributed by atoms with Crippen molar-refractivity contribution in [2.45, 2.75) is 0 Å². The van der Waals surface area contributed by atoms with Gasteiger partial charge in [-0.1, -0.05) is 0 Å². The fourth-order valence-electron chi connectivity index (χ4n) is 1.82. The van der Waals surface area contributed by atoms with Gasteiger partial charge in [0.2, 0.25) is 0 Å². The van der Waals surface area contributed by atoms with Gasteiger partial charge >= 0.3 is 119 Å². The molecule has 0 aromatic carbocycles. The molecule has 0 saturated heterocycles. The molecule has 0 spiro atoms. The molecule has 0 aliphatic rings. The molecule has 3 heterocycles. The first kappa shape index (κ1) is 11.2. The van der Waals surface area contributed by atoms with Crippen molar-refractivity contribution in [2.75, 3.05) is 0 Å². The van der Waals surface area contributed by atoms with Gasteiger partial charge in [-0.05, 0) is 0 Å². The number of hydrogen-bond donors (Lipinski definition) is 1. The molecule has 84 valence electrons. The minimum atomic E-state index is 0.347. The summed E-state index contributed by atoms with van der Waals surface area (Å²) in [7, 11) is 0. The Hall–Kier alpha value is -1.89. The molecule has 0 amide bonds. The van der Waals surface area contributed by atoms with Crippen LogP contribution in [0.25, 0.3) is 16.6 Å². The third-order valence-corrected chi connectivity index (χ3v) is 3.64. The molecule has 3 aromatic rings. The standard InChI is InChI=1S/C11H7N5O.Tl/c12-2-8-5-15-16-6-7(1-10(17)11(8)16)9-3-13-14-4-9;/h1,3-6,17H,(H,13,14);/q;+1/p-1. The molecular formula is C11H6N5OTl. The van der Waals surface area contributed by atoms with Crippen LogP contribution in [0.15, 0.2) is 30.9 Å². The predicted molar refractivity (Wildman–Crippen MR) is 63.9 cm³/mol. The van der Waals surface area contributed by atoms with E-state index in [1.165, 1.54) is 0 Å². The van der Waals surface area contributed by atoms with Crippen molar-refractivity contribution in [1.82, 2.24) is 19.8 Å². The van der Waals surface area contributed by atoms with Gasteiger partial charge < -0.3 is 0 Å². The summed E-state index contributed by atoms with van der Waals surface area (Å²) < 4.78 is 7.16. The first-order valence-corrected chi connectivity index (χ1v) is 6.94. The van der Waals surface area contributed by atoms with Gasteiger partial charge in [0.1, 0.15) is 0 Å². The van der Waals surface area contributed by atoms with Crippen molar-refractivity contribution in [1.29, 1.82) is 5.26 Å². The van der Waals surface area contributed by atoms with E-state index in [1.54, 1.807) is 23.1 Å². The second-order valence-electron chi connectivity index (χ2n) is 3.66. The van der Waals surface area contributed by atoms with Gasteiger partial charge in [0.25, 0.3) is 0 Å². The number of fused-ring (bicyclic) bond motifs is 1. The van der Waals surface area contributed by atoms with Crippen molar-refractivity contribution in [3.05, 3.63) is 36.4 Å². The average Bonchev–Trinajstić information content (AvgIpc) is 3.06. The number of H-pyrrole nitrogens is 1. The van der Waals surface area contributed by atoms with E-state index < -0.39 is 0 Å². The van der Waals surface area contributed by atoms with E-state index in [9.17, 15) is 0 Å². The molecule has 6 nitrogen and oxygen atoms in total. The Morgan fingerprint density at radius 1 is 1.39 bits per heavy atom. The van der Waals surface area contributed by atoms with Crippen molar-refractivity contribution < 1.29 is 2.69 Å². The van der Waals surface area contributed by atoms with E-state index in [0.29, 0.717) is 43.0 Å². The first-order chi connectivity index (χ1) is 8.83. The maximum atomic E-state index is 9.04. The number of hydrogen-bond acceptors (Lipinski definition) is 4. The van der Waals surface area contributed by atoms with Crippen LogP contribution < -0.4 is 2.69 Å². The van der Waals surface area contributed by atoms with Crippen molar-refractivity contribution >= 4 is 31.7 Å².